The van der Waals surface area contributed by atoms with Crippen molar-refractivity contribution in [1.29, 1.82) is 0 Å². The van der Waals surface area contributed by atoms with E-state index in [1.807, 2.05) is 36.6 Å². The summed E-state index contributed by atoms with van der Waals surface area (Å²) in [5, 5.41) is 9.10. The van der Waals surface area contributed by atoms with Crippen LogP contribution in [0.1, 0.15) is 42.5 Å². The van der Waals surface area contributed by atoms with Gasteiger partial charge in [-0.2, -0.15) is 4.98 Å². The molecule has 0 saturated carbocycles. The molecular weight excluding hydrogens is 451 g/mol. The third kappa shape index (κ3) is 4.24. The number of aryl methyl sites for hydroxylation is 1. The van der Waals surface area contributed by atoms with Crippen LogP contribution in [0, 0.1) is 5.82 Å². The van der Waals surface area contributed by atoms with Gasteiger partial charge in [0, 0.05) is 5.70 Å². The van der Waals surface area contributed by atoms with Gasteiger partial charge < -0.3 is 9.84 Å². The second kappa shape index (κ2) is 9.23. The number of aromatic nitrogens is 2. The van der Waals surface area contributed by atoms with E-state index in [0.29, 0.717) is 35.1 Å². The first-order valence-electron chi connectivity index (χ1n) is 11.0. The molecule has 0 radical (unpaired) electrons. The molecule has 4 aromatic rings. The van der Waals surface area contributed by atoms with Gasteiger partial charge in [0.05, 0.1) is 23.0 Å². The van der Waals surface area contributed by atoms with Gasteiger partial charge in [0.15, 0.2) is 0 Å². The van der Waals surface area contributed by atoms with Crippen molar-refractivity contribution in [3.63, 3.8) is 0 Å². The van der Waals surface area contributed by atoms with Crippen molar-refractivity contribution in [2.75, 3.05) is 0 Å². The third-order valence-electron chi connectivity index (χ3n) is 5.95. The molecule has 0 aliphatic carbocycles. The van der Waals surface area contributed by atoms with E-state index < -0.39 is 6.04 Å². The number of carbonyl (C=O) groups is 1. The number of benzene rings is 2. The maximum Gasteiger partial charge on any atom is 0.322 e. The van der Waals surface area contributed by atoms with Crippen LogP contribution in [0.15, 0.2) is 76.3 Å². The number of amides is 2. The normalized spacial score (nSPS) is 16.1. The first-order chi connectivity index (χ1) is 16.5. The Morgan fingerprint density at radius 1 is 1.12 bits per heavy atom. The van der Waals surface area contributed by atoms with Crippen LogP contribution >= 0.6 is 11.3 Å². The van der Waals surface area contributed by atoms with Gasteiger partial charge in [-0.15, -0.1) is 11.3 Å². The number of carbonyl (C=O) groups excluding carboxylic acids is 1. The van der Waals surface area contributed by atoms with E-state index in [9.17, 15) is 9.18 Å². The minimum absolute atomic E-state index is 0.270. The number of nitrogens with one attached hydrogen (secondary N) is 1. The molecule has 1 aliphatic rings. The standard InChI is InChI=1S/C26H23FN4O2S/c1-3-17-9-11-18(12-10-17)15-31-16(2)22(25-29-24(30-33-25)21-8-5-13-34-21)23(28-26(31)32)19-6-4-7-20(27)14-19/h4-14,23H,3,15H2,1-2H3,(H,28,32). The number of allylic oxidation sites excluding steroid dienone is 1. The number of hydrogen-bond acceptors (Lipinski definition) is 5. The fourth-order valence-corrected chi connectivity index (χ4v) is 4.74. The summed E-state index contributed by atoms with van der Waals surface area (Å²) in [6.07, 6.45) is 0.951. The lowest BCUT2D eigenvalue weighted by atomic mass is 9.94. The number of hydrogen-bond donors (Lipinski definition) is 1. The smallest absolute Gasteiger partial charge is 0.322 e. The zero-order valence-electron chi connectivity index (χ0n) is 18.8. The Morgan fingerprint density at radius 2 is 1.91 bits per heavy atom. The lowest BCUT2D eigenvalue weighted by Crippen LogP contribution is -2.45. The molecule has 1 N–H and O–H groups in total. The van der Waals surface area contributed by atoms with Gasteiger partial charge in [-0.25, -0.2) is 9.18 Å². The number of nitrogens with zero attached hydrogens (tertiary/aromatic N) is 3. The molecule has 3 heterocycles. The minimum Gasteiger partial charge on any atom is -0.334 e. The van der Waals surface area contributed by atoms with Crippen LogP contribution in [-0.2, 0) is 13.0 Å². The quantitative estimate of drug-likeness (QED) is 0.361. The molecule has 5 rings (SSSR count). The first-order valence-corrected chi connectivity index (χ1v) is 11.9. The van der Waals surface area contributed by atoms with E-state index in [2.05, 4.69) is 34.5 Å². The van der Waals surface area contributed by atoms with E-state index in [-0.39, 0.29) is 11.8 Å². The lowest BCUT2D eigenvalue weighted by Gasteiger charge is -2.35. The van der Waals surface area contributed by atoms with Crippen molar-refractivity contribution < 1.29 is 13.7 Å². The van der Waals surface area contributed by atoms with Crippen molar-refractivity contribution in [2.45, 2.75) is 32.9 Å². The van der Waals surface area contributed by atoms with Gasteiger partial charge in [0.1, 0.15) is 5.82 Å². The summed E-state index contributed by atoms with van der Waals surface area (Å²) in [6, 6.07) is 17.3. The summed E-state index contributed by atoms with van der Waals surface area (Å²) in [6.45, 7) is 4.34. The van der Waals surface area contributed by atoms with Crippen LogP contribution in [-0.4, -0.2) is 21.1 Å². The van der Waals surface area contributed by atoms with Crippen molar-refractivity contribution >= 4 is 22.9 Å². The van der Waals surface area contributed by atoms with E-state index in [0.717, 1.165) is 16.9 Å². The summed E-state index contributed by atoms with van der Waals surface area (Å²) in [5.74, 6) is 0.385. The van der Waals surface area contributed by atoms with Crippen molar-refractivity contribution in [3.05, 3.63) is 100 Å². The highest BCUT2D eigenvalue weighted by atomic mass is 32.1. The van der Waals surface area contributed by atoms with Crippen LogP contribution in [0.4, 0.5) is 9.18 Å². The number of urea groups is 1. The first kappa shape index (κ1) is 22.0. The zero-order chi connectivity index (χ0) is 23.7. The molecule has 1 unspecified atom stereocenters. The molecule has 8 heteroatoms. The Hall–Kier alpha value is -3.78. The predicted octanol–water partition coefficient (Wildman–Crippen LogP) is 6.20. The van der Waals surface area contributed by atoms with Gasteiger partial charge in [-0.3, -0.25) is 4.90 Å². The lowest BCUT2D eigenvalue weighted by molar-refractivity contribution is 0.203. The van der Waals surface area contributed by atoms with Crippen LogP contribution in [0.25, 0.3) is 16.3 Å². The number of thiophene rings is 1. The second-order valence-electron chi connectivity index (χ2n) is 8.09. The van der Waals surface area contributed by atoms with E-state index >= 15 is 0 Å². The fourth-order valence-electron chi connectivity index (χ4n) is 4.09. The Bertz CT molecular complexity index is 1350. The molecule has 6 nitrogen and oxygen atoms in total. The highest BCUT2D eigenvalue weighted by molar-refractivity contribution is 7.13. The summed E-state index contributed by atoms with van der Waals surface area (Å²) in [4.78, 5) is 20.3. The molecule has 34 heavy (non-hydrogen) atoms. The van der Waals surface area contributed by atoms with E-state index in [1.54, 1.807) is 17.0 Å². The Kier molecular flexibility index (Phi) is 5.98. The maximum atomic E-state index is 14.1. The molecule has 0 saturated heterocycles. The van der Waals surface area contributed by atoms with Crippen LogP contribution in [0.3, 0.4) is 0 Å². The van der Waals surface area contributed by atoms with Crippen LogP contribution in [0.5, 0.6) is 0 Å². The Morgan fingerprint density at radius 3 is 2.62 bits per heavy atom. The third-order valence-corrected chi connectivity index (χ3v) is 6.81. The molecule has 0 bridgehead atoms. The highest BCUT2D eigenvalue weighted by Gasteiger charge is 2.36. The summed E-state index contributed by atoms with van der Waals surface area (Å²) in [7, 11) is 0. The van der Waals surface area contributed by atoms with E-state index in [4.69, 9.17) is 4.52 Å². The van der Waals surface area contributed by atoms with Gasteiger partial charge >= 0.3 is 6.03 Å². The molecule has 172 valence electrons. The molecule has 1 atom stereocenters. The predicted molar refractivity (Wildman–Crippen MR) is 129 cm³/mol. The van der Waals surface area contributed by atoms with Crippen LogP contribution in [0.2, 0.25) is 0 Å². The molecule has 2 aromatic carbocycles. The minimum atomic E-state index is -0.626. The largest absolute Gasteiger partial charge is 0.334 e. The van der Waals surface area contributed by atoms with Gasteiger partial charge in [0.25, 0.3) is 5.89 Å². The van der Waals surface area contributed by atoms with Gasteiger partial charge in [0.2, 0.25) is 5.82 Å². The monoisotopic (exact) mass is 474 g/mol. The average Bonchev–Trinajstić information content (AvgIpc) is 3.54. The summed E-state index contributed by atoms with van der Waals surface area (Å²) < 4.78 is 19.7. The number of halogens is 1. The molecular formula is C26H23FN4O2S. The Balaban J connectivity index is 1.58. The highest BCUT2D eigenvalue weighted by Crippen LogP contribution is 2.38. The molecule has 1 aliphatic heterocycles. The maximum absolute atomic E-state index is 14.1. The van der Waals surface area contributed by atoms with Crippen molar-refractivity contribution in [1.82, 2.24) is 20.4 Å². The zero-order valence-corrected chi connectivity index (χ0v) is 19.6. The summed E-state index contributed by atoms with van der Waals surface area (Å²) >= 11 is 1.51. The van der Waals surface area contributed by atoms with Gasteiger partial charge in [-0.05, 0) is 53.6 Å². The van der Waals surface area contributed by atoms with Crippen LogP contribution < -0.4 is 5.32 Å². The molecule has 0 spiro atoms. The molecule has 0 fully saturated rings. The molecule has 2 amide bonds. The summed E-state index contributed by atoms with van der Waals surface area (Å²) in [5.41, 5.74) is 4.16. The van der Waals surface area contributed by atoms with Gasteiger partial charge in [-0.1, -0.05) is 54.5 Å². The van der Waals surface area contributed by atoms with E-state index in [1.165, 1.54) is 29.0 Å². The Labute approximate surface area is 200 Å². The molecule has 2 aromatic heterocycles. The second-order valence-corrected chi connectivity index (χ2v) is 9.04. The number of rotatable bonds is 6. The van der Waals surface area contributed by atoms with Crippen molar-refractivity contribution in [2.24, 2.45) is 0 Å². The fraction of sp³-hybridized carbons (Fsp3) is 0.192. The SMILES string of the molecule is CCc1ccc(CN2C(=O)NC(c3cccc(F)c3)C(c3nc(-c4cccs4)no3)=C2C)cc1. The van der Waals surface area contributed by atoms with Crippen molar-refractivity contribution in [3.8, 4) is 10.7 Å². The average molecular weight is 475 g/mol. The topological polar surface area (TPSA) is 71.3 Å².